The minimum atomic E-state index is -0.212. The standard InChI is InChI=1S/C12H15ClN2O3/c1-17-11-7-18-5-3-10(11)15-12(16)8-2-4-14-6-9(8)13/h2,4,6,10-11H,3,5,7H2,1H3,(H,15,16)/t10-,11-/m1/s1. The van der Waals surface area contributed by atoms with E-state index in [4.69, 9.17) is 21.1 Å². The molecule has 18 heavy (non-hydrogen) atoms. The molecule has 0 saturated carbocycles. The van der Waals surface area contributed by atoms with Gasteiger partial charge in [-0.25, -0.2) is 0 Å². The lowest BCUT2D eigenvalue weighted by Crippen LogP contribution is -2.49. The van der Waals surface area contributed by atoms with Crippen LogP contribution < -0.4 is 5.32 Å². The molecule has 0 spiro atoms. The molecule has 5 nitrogen and oxygen atoms in total. The molecule has 2 atom stereocenters. The highest BCUT2D eigenvalue weighted by Crippen LogP contribution is 2.15. The first-order valence-electron chi connectivity index (χ1n) is 5.73. The summed E-state index contributed by atoms with van der Waals surface area (Å²) in [5, 5.41) is 3.26. The number of nitrogens with one attached hydrogen (secondary N) is 1. The normalized spacial score (nSPS) is 23.7. The van der Waals surface area contributed by atoms with Crippen molar-refractivity contribution in [2.24, 2.45) is 0 Å². The van der Waals surface area contributed by atoms with E-state index in [-0.39, 0.29) is 18.1 Å². The van der Waals surface area contributed by atoms with Crippen molar-refractivity contribution in [1.29, 1.82) is 0 Å². The number of carbonyl (C=O) groups is 1. The molecule has 1 fully saturated rings. The average molecular weight is 271 g/mol. The van der Waals surface area contributed by atoms with Gasteiger partial charge in [0.25, 0.3) is 5.91 Å². The lowest BCUT2D eigenvalue weighted by molar-refractivity contribution is -0.0479. The number of ether oxygens (including phenoxy) is 2. The molecule has 0 unspecified atom stereocenters. The van der Waals surface area contributed by atoms with Crippen molar-refractivity contribution in [3.63, 3.8) is 0 Å². The second-order valence-corrected chi connectivity index (χ2v) is 4.48. The molecular formula is C12H15ClN2O3. The molecular weight excluding hydrogens is 256 g/mol. The maximum atomic E-state index is 12.1. The number of methoxy groups -OCH3 is 1. The molecule has 1 amide bonds. The van der Waals surface area contributed by atoms with E-state index in [0.717, 1.165) is 6.42 Å². The molecule has 98 valence electrons. The Labute approximate surface area is 110 Å². The third kappa shape index (κ3) is 2.98. The zero-order chi connectivity index (χ0) is 13.0. The molecule has 6 heteroatoms. The van der Waals surface area contributed by atoms with Crippen molar-refractivity contribution < 1.29 is 14.3 Å². The number of hydrogen-bond acceptors (Lipinski definition) is 4. The van der Waals surface area contributed by atoms with Crippen molar-refractivity contribution in [2.75, 3.05) is 20.3 Å². The molecule has 1 saturated heterocycles. The Morgan fingerprint density at radius 3 is 3.22 bits per heavy atom. The molecule has 0 aliphatic carbocycles. The number of halogens is 1. The second-order valence-electron chi connectivity index (χ2n) is 4.07. The van der Waals surface area contributed by atoms with Crippen LogP contribution in [0.25, 0.3) is 0 Å². The van der Waals surface area contributed by atoms with Crippen LogP contribution in [0.15, 0.2) is 18.5 Å². The lowest BCUT2D eigenvalue weighted by Gasteiger charge is -2.31. The Balaban J connectivity index is 2.04. The largest absolute Gasteiger partial charge is 0.379 e. The topological polar surface area (TPSA) is 60.5 Å². The van der Waals surface area contributed by atoms with Crippen molar-refractivity contribution >= 4 is 17.5 Å². The fourth-order valence-corrected chi connectivity index (χ4v) is 2.12. The van der Waals surface area contributed by atoms with Gasteiger partial charge in [-0.05, 0) is 12.5 Å². The summed E-state index contributed by atoms with van der Waals surface area (Å²) in [6.07, 6.45) is 3.60. The monoisotopic (exact) mass is 270 g/mol. The highest BCUT2D eigenvalue weighted by Gasteiger charge is 2.27. The van der Waals surface area contributed by atoms with Gasteiger partial charge in [-0.1, -0.05) is 11.6 Å². The number of pyridine rings is 1. The fourth-order valence-electron chi connectivity index (χ4n) is 1.91. The van der Waals surface area contributed by atoms with Gasteiger partial charge in [-0.3, -0.25) is 9.78 Å². The van der Waals surface area contributed by atoms with Gasteiger partial charge in [0.15, 0.2) is 0 Å². The Hall–Kier alpha value is -1.17. The van der Waals surface area contributed by atoms with E-state index in [0.29, 0.717) is 23.8 Å². The maximum Gasteiger partial charge on any atom is 0.253 e. The summed E-state index contributed by atoms with van der Waals surface area (Å²) in [4.78, 5) is 15.9. The molecule has 1 N–H and O–H groups in total. The first-order chi connectivity index (χ1) is 8.72. The maximum absolute atomic E-state index is 12.1. The van der Waals surface area contributed by atoms with E-state index in [9.17, 15) is 4.79 Å². The molecule has 0 aromatic carbocycles. The van der Waals surface area contributed by atoms with Gasteiger partial charge in [-0.15, -0.1) is 0 Å². The van der Waals surface area contributed by atoms with E-state index >= 15 is 0 Å². The summed E-state index contributed by atoms with van der Waals surface area (Å²) in [6, 6.07) is 1.54. The second kappa shape index (κ2) is 6.13. The van der Waals surface area contributed by atoms with Gasteiger partial charge in [0.1, 0.15) is 6.10 Å². The SMILES string of the molecule is CO[C@@H]1COCC[C@H]1NC(=O)c1ccncc1Cl. The summed E-state index contributed by atoms with van der Waals surface area (Å²) in [7, 11) is 1.61. The highest BCUT2D eigenvalue weighted by atomic mass is 35.5. The van der Waals surface area contributed by atoms with Crippen LogP contribution in [0.2, 0.25) is 5.02 Å². The predicted octanol–water partition coefficient (Wildman–Crippen LogP) is 1.27. The quantitative estimate of drug-likeness (QED) is 0.899. The van der Waals surface area contributed by atoms with Crippen LogP contribution in [0.3, 0.4) is 0 Å². The van der Waals surface area contributed by atoms with Crippen molar-refractivity contribution in [3.05, 3.63) is 29.0 Å². The van der Waals surface area contributed by atoms with Gasteiger partial charge >= 0.3 is 0 Å². The fraction of sp³-hybridized carbons (Fsp3) is 0.500. The van der Waals surface area contributed by atoms with Crippen LogP contribution in [-0.2, 0) is 9.47 Å². The van der Waals surface area contributed by atoms with Crippen LogP contribution in [0.5, 0.6) is 0 Å². The summed E-state index contributed by atoms with van der Waals surface area (Å²) in [5.74, 6) is -0.212. The molecule has 0 bridgehead atoms. The Bertz CT molecular complexity index is 428. The first kappa shape index (κ1) is 13.3. The number of amides is 1. The van der Waals surface area contributed by atoms with E-state index in [1.165, 1.54) is 6.20 Å². The zero-order valence-electron chi connectivity index (χ0n) is 10.1. The molecule has 2 rings (SSSR count). The minimum Gasteiger partial charge on any atom is -0.379 e. The van der Waals surface area contributed by atoms with Gasteiger partial charge in [0.05, 0.1) is 23.2 Å². The van der Waals surface area contributed by atoms with Gasteiger partial charge in [0.2, 0.25) is 0 Å². The van der Waals surface area contributed by atoms with Crippen molar-refractivity contribution in [2.45, 2.75) is 18.6 Å². The zero-order valence-corrected chi connectivity index (χ0v) is 10.8. The minimum absolute atomic E-state index is 0.0551. The van der Waals surface area contributed by atoms with E-state index in [1.807, 2.05) is 0 Å². The lowest BCUT2D eigenvalue weighted by atomic mass is 10.1. The summed E-state index contributed by atoms with van der Waals surface area (Å²) < 4.78 is 10.6. The molecule has 1 aromatic rings. The summed E-state index contributed by atoms with van der Waals surface area (Å²) in [6.45, 7) is 1.11. The van der Waals surface area contributed by atoms with E-state index < -0.39 is 0 Å². The van der Waals surface area contributed by atoms with Crippen LogP contribution in [0.4, 0.5) is 0 Å². The highest BCUT2D eigenvalue weighted by molar-refractivity contribution is 6.33. The molecule has 0 radical (unpaired) electrons. The number of hydrogen-bond donors (Lipinski definition) is 1. The third-order valence-electron chi connectivity index (χ3n) is 2.94. The smallest absolute Gasteiger partial charge is 0.253 e. The van der Waals surface area contributed by atoms with Crippen LogP contribution in [0, 0.1) is 0 Å². The van der Waals surface area contributed by atoms with Gasteiger partial charge < -0.3 is 14.8 Å². The van der Waals surface area contributed by atoms with Crippen LogP contribution in [-0.4, -0.2) is 43.4 Å². The Morgan fingerprint density at radius 2 is 2.50 bits per heavy atom. The number of nitrogens with zero attached hydrogens (tertiary/aromatic N) is 1. The third-order valence-corrected chi connectivity index (χ3v) is 3.24. The number of rotatable bonds is 3. The number of carbonyl (C=O) groups excluding carboxylic acids is 1. The predicted molar refractivity (Wildman–Crippen MR) is 66.7 cm³/mol. The van der Waals surface area contributed by atoms with Gasteiger partial charge in [0, 0.05) is 26.1 Å². The molecule has 1 aromatic heterocycles. The average Bonchev–Trinajstić information content (AvgIpc) is 2.39. The molecule has 2 heterocycles. The summed E-state index contributed by atoms with van der Waals surface area (Å²) >= 11 is 5.93. The van der Waals surface area contributed by atoms with Crippen LogP contribution >= 0.6 is 11.6 Å². The number of aromatic nitrogens is 1. The Kier molecular flexibility index (Phi) is 4.52. The van der Waals surface area contributed by atoms with Crippen molar-refractivity contribution in [1.82, 2.24) is 10.3 Å². The molecule has 1 aliphatic rings. The summed E-state index contributed by atoms with van der Waals surface area (Å²) in [5.41, 5.74) is 0.424. The first-order valence-corrected chi connectivity index (χ1v) is 6.11. The van der Waals surface area contributed by atoms with Crippen molar-refractivity contribution in [3.8, 4) is 0 Å². The van der Waals surface area contributed by atoms with E-state index in [1.54, 1.807) is 19.4 Å². The molecule has 1 aliphatic heterocycles. The van der Waals surface area contributed by atoms with E-state index in [2.05, 4.69) is 10.3 Å². The Morgan fingerprint density at radius 1 is 1.67 bits per heavy atom. The van der Waals surface area contributed by atoms with Gasteiger partial charge in [-0.2, -0.15) is 0 Å². The van der Waals surface area contributed by atoms with Crippen LogP contribution in [0.1, 0.15) is 16.8 Å².